The number of rotatable bonds is 5. The van der Waals surface area contributed by atoms with Crippen molar-refractivity contribution in [3.63, 3.8) is 0 Å². The van der Waals surface area contributed by atoms with Gasteiger partial charge in [0.2, 0.25) is 0 Å². The molecule has 9 aromatic rings. The minimum atomic E-state index is 0.649. The summed E-state index contributed by atoms with van der Waals surface area (Å²) >= 11 is 1.78. The molecule has 4 heterocycles. The number of pyridine rings is 1. The van der Waals surface area contributed by atoms with Gasteiger partial charge < -0.3 is 4.40 Å². The molecule has 5 aromatic carbocycles. The van der Waals surface area contributed by atoms with Crippen molar-refractivity contribution in [2.75, 3.05) is 0 Å². The molecular formula is C40H25N5S. The lowest BCUT2D eigenvalue weighted by atomic mass is 10.0. The number of aromatic nitrogens is 5. The zero-order chi connectivity index (χ0) is 30.5. The van der Waals surface area contributed by atoms with E-state index in [0.29, 0.717) is 17.5 Å². The molecule has 0 unspecified atom stereocenters. The number of benzene rings is 5. The van der Waals surface area contributed by atoms with Crippen molar-refractivity contribution >= 4 is 37.2 Å². The molecule has 0 N–H and O–H groups in total. The van der Waals surface area contributed by atoms with E-state index in [2.05, 4.69) is 97.2 Å². The number of hydrogen-bond donors (Lipinski definition) is 0. The molecule has 0 amide bonds. The molecule has 9 rings (SSSR count). The van der Waals surface area contributed by atoms with E-state index in [-0.39, 0.29) is 0 Å². The van der Waals surface area contributed by atoms with Crippen molar-refractivity contribution < 1.29 is 0 Å². The van der Waals surface area contributed by atoms with Gasteiger partial charge in [0.1, 0.15) is 5.65 Å². The van der Waals surface area contributed by atoms with Gasteiger partial charge in [0.05, 0.1) is 5.69 Å². The van der Waals surface area contributed by atoms with Crippen LogP contribution in [-0.4, -0.2) is 24.3 Å². The van der Waals surface area contributed by atoms with E-state index >= 15 is 0 Å². The Kier molecular flexibility index (Phi) is 6.25. The highest BCUT2D eigenvalue weighted by molar-refractivity contribution is 7.26. The van der Waals surface area contributed by atoms with E-state index in [1.807, 2.05) is 59.1 Å². The molecule has 0 radical (unpaired) electrons. The van der Waals surface area contributed by atoms with Crippen LogP contribution in [0.1, 0.15) is 0 Å². The molecule has 0 bridgehead atoms. The Hall–Kier alpha value is -5.98. The molecule has 0 saturated heterocycles. The Morgan fingerprint density at radius 2 is 1.04 bits per heavy atom. The van der Waals surface area contributed by atoms with E-state index in [1.165, 1.54) is 20.2 Å². The summed E-state index contributed by atoms with van der Waals surface area (Å²) in [7, 11) is 0. The van der Waals surface area contributed by atoms with Crippen molar-refractivity contribution in [1.29, 1.82) is 0 Å². The molecule has 0 aliphatic carbocycles. The first-order chi connectivity index (χ1) is 22.8. The SMILES string of the molecule is c1ccc(-c2nc(-c3ccc(-c4ccc(-c5cn6ccccc6n5)cc4)cc3)nc(-c3cccc4c3sc3ccccc34)n2)cc1. The third-order valence-corrected chi connectivity index (χ3v) is 9.55. The second-order valence-corrected chi connectivity index (χ2v) is 12.3. The molecule has 0 aliphatic heterocycles. The maximum Gasteiger partial charge on any atom is 0.165 e. The summed E-state index contributed by atoms with van der Waals surface area (Å²) in [5.41, 5.74) is 8.15. The number of hydrogen-bond acceptors (Lipinski definition) is 5. The lowest BCUT2D eigenvalue weighted by molar-refractivity contribution is 1.08. The predicted octanol–water partition coefficient (Wildman–Crippen LogP) is 10.2. The first-order valence-electron chi connectivity index (χ1n) is 15.1. The average Bonchev–Trinajstić information content (AvgIpc) is 3.74. The number of imidazole rings is 1. The summed E-state index contributed by atoms with van der Waals surface area (Å²) in [6.07, 6.45) is 4.08. The minimum absolute atomic E-state index is 0.649. The first kappa shape index (κ1) is 26.4. The molecule has 0 atom stereocenters. The van der Waals surface area contributed by atoms with Crippen molar-refractivity contribution in [3.8, 4) is 56.5 Å². The monoisotopic (exact) mass is 607 g/mol. The zero-order valence-electron chi connectivity index (χ0n) is 24.6. The summed E-state index contributed by atoms with van der Waals surface area (Å²) in [4.78, 5) is 19.8. The molecule has 0 aliphatic rings. The zero-order valence-corrected chi connectivity index (χ0v) is 25.4. The van der Waals surface area contributed by atoms with Crippen LogP contribution in [0.2, 0.25) is 0 Å². The van der Waals surface area contributed by atoms with Crippen LogP contribution in [0.15, 0.2) is 152 Å². The van der Waals surface area contributed by atoms with Crippen LogP contribution in [0, 0.1) is 0 Å². The van der Waals surface area contributed by atoms with Crippen LogP contribution < -0.4 is 0 Å². The van der Waals surface area contributed by atoms with E-state index in [0.717, 1.165) is 44.7 Å². The number of thiophene rings is 1. The van der Waals surface area contributed by atoms with Gasteiger partial charge in [0.25, 0.3) is 0 Å². The second kappa shape index (κ2) is 10.9. The smallest absolute Gasteiger partial charge is 0.165 e. The van der Waals surface area contributed by atoms with Crippen LogP contribution in [-0.2, 0) is 0 Å². The average molecular weight is 608 g/mol. The molecule has 0 fully saturated rings. The highest BCUT2D eigenvalue weighted by Crippen LogP contribution is 2.39. The third-order valence-electron chi connectivity index (χ3n) is 8.33. The summed E-state index contributed by atoms with van der Waals surface area (Å²) in [5, 5.41) is 2.47. The molecule has 216 valence electrons. The number of nitrogens with zero attached hydrogens (tertiary/aromatic N) is 5. The van der Waals surface area contributed by atoms with E-state index in [1.54, 1.807) is 11.3 Å². The van der Waals surface area contributed by atoms with Gasteiger partial charge in [-0.2, -0.15) is 0 Å². The Balaban J connectivity index is 1.10. The van der Waals surface area contributed by atoms with Gasteiger partial charge in [-0.05, 0) is 35.4 Å². The molecule has 0 spiro atoms. The minimum Gasteiger partial charge on any atom is -0.306 e. The lowest BCUT2D eigenvalue weighted by Crippen LogP contribution is -2.00. The Labute approximate surface area is 269 Å². The van der Waals surface area contributed by atoms with Gasteiger partial charge in [0, 0.05) is 54.8 Å². The van der Waals surface area contributed by atoms with Crippen molar-refractivity contribution in [2.24, 2.45) is 0 Å². The van der Waals surface area contributed by atoms with Crippen LogP contribution in [0.3, 0.4) is 0 Å². The van der Waals surface area contributed by atoms with E-state index in [4.69, 9.17) is 19.9 Å². The predicted molar refractivity (Wildman–Crippen MR) is 189 cm³/mol. The first-order valence-corrected chi connectivity index (χ1v) is 16.0. The van der Waals surface area contributed by atoms with Crippen molar-refractivity contribution in [2.45, 2.75) is 0 Å². The van der Waals surface area contributed by atoms with Crippen LogP contribution >= 0.6 is 11.3 Å². The molecule has 0 saturated carbocycles. The second-order valence-electron chi connectivity index (χ2n) is 11.2. The fraction of sp³-hybridized carbons (Fsp3) is 0. The standard InChI is InChI=1S/C40H25N5S/c1-2-9-29(10-3-1)38-42-39(44-40(43-38)33-13-8-12-32-31-11-4-5-14-35(31)46-37(32)33)30-22-18-27(19-23-30)26-16-20-28(21-17-26)34-25-45-24-7-6-15-36(45)41-34/h1-25H. The van der Waals surface area contributed by atoms with Gasteiger partial charge in [-0.1, -0.05) is 115 Å². The summed E-state index contributed by atoms with van der Waals surface area (Å²) < 4.78 is 4.48. The highest BCUT2D eigenvalue weighted by Gasteiger charge is 2.16. The molecule has 4 aromatic heterocycles. The van der Waals surface area contributed by atoms with Gasteiger partial charge in [-0.3, -0.25) is 0 Å². The van der Waals surface area contributed by atoms with E-state index < -0.39 is 0 Å². The Bertz CT molecular complexity index is 2480. The maximum atomic E-state index is 5.06. The third kappa shape index (κ3) is 4.64. The molecule has 46 heavy (non-hydrogen) atoms. The highest BCUT2D eigenvalue weighted by atomic mass is 32.1. The van der Waals surface area contributed by atoms with Gasteiger partial charge in [-0.25, -0.2) is 19.9 Å². The van der Waals surface area contributed by atoms with E-state index in [9.17, 15) is 0 Å². The Morgan fingerprint density at radius 1 is 0.435 bits per heavy atom. The molecule has 5 nitrogen and oxygen atoms in total. The molecule has 6 heteroatoms. The van der Waals surface area contributed by atoms with Crippen LogP contribution in [0.25, 0.3) is 82.4 Å². The fourth-order valence-electron chi connectivity index (χ4n) is 5.98. The van der Waals surface area contributed by atoms with Crippen LogP contribution in [0.5, 0.6) is 0 Å². The Morgan fingerprint density at radius 3 is 1.80 bits per heavy atom. The number of fused-ring (bicyclic) bond motifs is 4. The van der Waals surface area contributed by atoms with Gasteiger partial charge in [-0.15, -0.1) is 11.3 Å². The quantitative estimate of drug-likeness (QED) is 0.195. The summed E-state index contributed by atoms with van der Waals surface area (Å²) in [5.74, 6) is 1.98. The fourth-order valence-corrected chi connectivity index (χ4v) is 7.20. The largest absolute Gasteiger partial charge is 0.306 e. The van der Waals surface area contributed by atoms with Crippen molar-refractivity contribution in [3.05, 3.63) is 152 Å². The van der Waals surface area contributed by atoms with Crippen LogP contribution in [0.4, 0.5) is 0 Å². The van der Waals surface area contributed by atoms with Gasteiger partial charge in [0.15, 0.2) is 17.5 Å². The summed E-state index contributed by atoms with van der Waals surface area (Å²) in [6.45, 7) is 0. The van der Waals surface area contributed by atoms with Crippen molar-refractivity contribution in [1.82, 2.24) is 24.3 Å². The topological polar surface area (TPSA) is 56.0 Å². The summed E-state index contributed by atoms with van der Waals surface area (Å²) in [6, 6.07) is 48.1. The molecular weight excluding hydrogens is 583 g/mol. The lowest BCUT2D eigenvalue weighted by Gasteiger charge is -2.10. The normalized spacial score (nSPS) is 11.5. The van der Waals surface area contributed by atoms with Gasteiger partial charge >= 0.3 is 0 Å². The maximum absolute atomic E-state index is 5.06.